The van der Waals surface area contributed by atoms with Crippen LogP contribution in [0.25, 0.3) is 22.0 Å². The lowest BCUT2D eigenvalue weighted by Gasteiger charge is -2.06. The number of aromatic amines is 1. The Bertz CT molecular complexity index is 991. The van der Waals surface area contributed by atoms with E-state index in [-0.39, 0.29) is 23.7 Å². The first kappa shape index (κ1) is 16.5. The number of aromatic hydroxyl groups is 1. The molecule has 1 aromatic heterocycles. The molecule has 7 heteroatoms. The fourth-order valence-corrected chi connectivity index (χ4v) is 2.80. The molecular formula is C18H16N2O5. The van der Waals surface area contributed by atoms with Gasteiger partial charge >= 0.3 is 5.97 Å². The summed E-state index contributed by atoms with van der Waals surface area (Å²) in [6, 6.07) is 9.40. The molecular weight excluding hydrogens is 324 g/mol. The zero-order valence-corrected chi connectivity index (χ0v) is 13.7. The van der Waals surface area contributed by atoms with Gasteiger partial charge in [-0.25, -0.2) is 4.79 Å². The summed E-state index contributed by atoms with van der Waals surface area (Å²) in [6.07, 6.45) is 0. The number of nitro benzene ring substituents is 1. The molecule has 1 heterocycles. The maximum atomic E-state index is 12.3. The summed E-state index contributed by atoms with van der Waals surface area (Å²) in [5, 5.41) is 21.6. The number of fused-ring (bicyclic) bond motifs is 1. The first-order valence-electron chi connectivity index (χ1n) is 7.69. The van der Waals surface area contributed by atoms with E-state index in [1.54, 1.807) is 32.0 Å². The largest absolute Gasteiger partial charge is 0.508 e. The van der Waals surface area contributed by atoms with Gasteiger partial charge in [-0.2, -0.15) is 0 Å². The molecule has 7 nitrogen and oxygen atoms in total. The molecule has 2 aromatic carbocycles. The zero-order valence-electron chi connectivity index (χ0n) is 13.7. The second-order valence-electron chi connectivity index (χ2n) is 5.58. The third-order valence-corrected chi connectivity index (χ3v) is 3.96. The van der Waals surface area contributed by atoms with Gasteiger partial charge in [-0.15, -0.1) is 0 Å². The molecule has 0 fully saturated rings. The van der Waals surface area contributed by atoms with Crippen molar-refractivity contribution in [3.05, 3.63) is 57.8 Å². The van der Waals surface area contributed by atoms with Crippen molar-refractivity contribution >= 4 is 22.6 Å². The summed E-state index contributed by atoms with van der Waals surface area (Å²) in [6.45, 7) is 3.55. The number of ether oxygens (including phenoxy) is 1. The first-order valence-corrected chi connectivity index (χ1v) is 7.69. The van der Waals surface area contributed by atoms with Gasteiger partial charge < -0.3 is 14.8 Å². The molecule has 0 unspecified atom stereocenters. The smallest absolute Gasteiger partial charge is 0.355 e. The highest BCUT2D eigenvalue weighted by Gasteiger charge is 2.22. The van der Waals surface area contributed by atoms with Crippen LogP contribution < -0.4 is 0 Å². The maximum absolute atomic E-state index is 12.3. The molecule has 0 atom stereocenters. The molecule has 0 amide bonds. The van der Waals surface area contributed by atoms with Crippen LogP contribution >= 0.6 is 0 Å². The van der Waals surface area contributed by atoms with Gasteiger partial charge in [0, 0.05) is 28.1 Å². The Kier molecular flexibility index (Phi) is 4.14. The molecule has 0 saturated heterocycles. The van der Waals surface area contributed by atoms with Crippen molar-refractivity contribution in [2.24, 2.45) is 0 Å². The average molecular weight is 340 g/mol. The Morgan fingerprint density at radius 1 is 1.28 bits per heavy atom. The first-order chi connectivity index (χ1) is 11.9. The lowest BCUT2D eigenvalue weighted by atomic mass is 9.99. The number of hydrogen-bond donors (Lipinski definition) is 2. The molecule has 0 radical (unpaired) electrons. The van der Waals surface area contributed by atoms with Gasteiger partial charge in [-0.1, -0.05) is 12.1 Å². The number of benzene rings is 2. The van der Waals surface area contributed by atoms with Crippen LogP contribution in [-0.2, 0) is 4.74 Å². The summed E-state index contributed by atoms with van der Waals surface area (Å²) in [4.78, 5) is 26.1. The second-order valence-corrected chi connectivity index (χ2v) is 5.58. The van der Waals surface area contributed by atoms with Gasteiger partial charge in [-0.05, 0) is 37.6 Å². The monoisotopic (exact) mass is 340 g/mol. The van der Waals surface area contributed by atoms with Crippen LogP contribution in [0.3, 0.4) is 0 Å². The third kappa shape index (κ3) is 2.91. The number of hydrogen-bond acceptors (Lipinski definition) is 5. The van der Waals surface area contributed by atoms with E-state index in [1.807, 2.05) is 0 Å². The van der Waals surface area contributed by atoms with Crippen molar-refractivity contribution in [2.45, 2.75) is 13.8 Å². The van der Waals surface area contributed by atoms with Crippen LogP contribution in [0, 0.1) is 17.0 Å². The summed E-state index contributed by atoms with van der Waals surface area (Å²) in [5.74, 6) is -0.527. The highest BCUT2D eigenvalue weighted by Crippen LogP contribution is 2.36. The fourth-order valence-electron chi connectivity index (χ4n) is 2.80. The molecule has 3 aromatic rings. The van der Waals surface area contributed by atoms with Crippen LogP contribution in [0.1, 0.15) is 23.0 Å². The highest BCUT2D eigenvalue weighted by atomic mass is 16.6. The molecule has 3 rings (SSSR count). The molecule has 0 spiro atoms. The van der Waals surface area contributed by atoms with Gasteiger partial charge in [-0.3, -0.25) is 10.1 Å². The van der Waals surface area contributed by atoms with Gasteiger partial charge in [0.1, 0.15) is 11.4 Å². The van der Waals surface area contributed by atoms with Crippen molar-refractivity contribution < 1.29 is 19.6 Å². The second kappa shape index (κ2) is 6.27. The lowest BCUT2D eigenvalue weighted by molar-refractivity contribution is -0.385. The fraction of sp³-hybridized carbons (Fsp3) is 0.167. The minimum atomic E-state index is -0.559. The minimum Gasteiger partial charge on any atom is -0.508 e. The summed E-state index contributed by atoms with van der Waals surface area (Å²) < 4.78 is 5.08. The van der Waals surface area contributed by atoms with Gasteiger partial charge in [0.25, 0.3) is 5.69 Å². The number of H-pyrrole nitrogens is 1. The van der Waals surface area contributed by atoms with Crippen molar-refractivity contribution in [3.8, 4) is 16.9 Å². The summed E-state index contributed by atoms with van der Waals surface area (Å²) in [7, 11) is 0. The van der Waals surface area contributed by atoms with Crippen LogP contribution in [-0.4, -0.2) is 27.6 Å². The van der Waals surface area contributed by atoms with Crippen molar-refractivity contribution in [3.63, 3.8) is 0 Å². The zero-order chi connectivity index (χ0) is 18.1. The number of esters is 1. The quantitative estimate of drug-likeness (QED) is 0.425. The number of carbonyl (C=O) groups excluding carboxylic acids is 1. The van der Waals surface area contributed by atoms with E-state index in [2.05, 4.69) is 4.98 Å². The van der Waals surface area contributed by atoms with E-state index < -0.39 is 10.9 Å². The van der Waals surface area contributed by atoms with E-state index in [9.17, 15) is 20.0 Å². The number of aryl methyl sites for hydroxylation is 1. The molecule has 2 N–H and O–H groups in total. The van der Waals surface area contributed by atoms with Gasteiger partial charge in [0.05, 0.1) is 11.5 Å². The molecule has 0 bridgehead atoms. The van der Waals surface area contributed by atoms with E-state index in [1.165, 1.54) is 18.2 Å². The van der Waals surface area contributed by atoms with E-state index >= 15 is 0 Å². The van der Waals surface area contributed by atoms with Crippen molar-refractivity contribution in [1.29, 1.82) is 0 Å². The Balaban J connectivity index is 2.31. The van der Waals surface area contributed by atoms with Crippen molar-refractivity contribution in [1.82, 2.24) is 4.98 Å². The van der Waals surface area contributed by atoms with E-state index in [4.69, 9.17) is 4.74 Å². The Labute approximate surface area is 143 Å². The average Bonchev–Trinajstić information content (AvgIpc) is 2.94. The molecule has 0 aliphatic carbocycles. The van der Waals surface area contributed by atoms with Crippen LogP contribution in [0.15, 0.2) is 36.4 Å². The van der Waals surface area contributed by atoms with Crippen LogP contribution in [0.4, 0.5) is 5.69 Å². The highest BCUT2D eigenvalue weighted by molar-refractivity contribution is 6.08. The van der Waals surface area contributed by atoms with E-state index in [0.29, 0.717) is 27.6 Å². The van der Waals surface area contributed by atoms with Gasteiger partial charge in [0.15, 0.2) is 0 Å². The Hall–Kier alpha value is -3.35. The Morgan fingerprint density at radius 3 is 2.72 bits per heavy atom. The molecule has 0 saturated carbocycles. The maximum Gasteiger partial charge on any atom is 0.355 e. The predicted molar refractivity (Wildman–Crippen MR) is 92.7 cm³/mol. The van der Waals surface area contributed by atoms with Crippen molar-refractivity contribution in [2.75, 3.05) is 6.61 Å². The summed E-state index contributed by atoms with van der Waals surface area (Å²) >= 11 is 0. The molecule has 0 aliphatic heterocycles. The number of nitrogens with one attached hydrogen (secondary N) is 1. The van der Waals surface area contributed by atoms with Crippen LogP contribution in [0.2, 0.25) is 0 Å². The lowest BCUT2D eigenvalue weighted by Crippen LogP contribution is -2.06. The standard InChI is InChI=1S/C18H16N2O5/c1-3-25-18(22)17-16(13-9-12(21)6-7-14(13)19-17)11-5-4-10(2)15(8-11)20(23)24/h4-9,19,21H,3H2,1-2H3. The number of phenolic OH excluding ortho intramolecular Hbond substituents is 1. The molecule has 0 aliphatic rings. The van der Waals surface area contributed by atoms with E-state index in [0.717, 1.165) is 0 Å². The number of phenols is 1. The van der Waals surface area contributed by atoms with Crippen LogP contribution in [0.5, 0.6) is 5.75 Å². The normalized spacial score (nSPS) is 10.8. The number of nitrogens with zero attached hydrogens (tertiary/aromatic N) is 1. The Morgan fingerprint density at radius 2 is 2.04 bits per heavy atom. The number of nitro groups is 1. The SMILES string of the molecule is CCOC(=O)c1[nH]c2ccc(O)cc2c1-c1ccc(C)c([N+](=O)[O-])c1. The molecule has 128 valence electrons. The molecule has 25 heavy (non-hydrogen) atoms. The number of aromatic nitrogens is 1. The van der Waals surface area contributed by atoms with Gasteiger partial charge in [0.2, 0.25) is 0 Å². The predicted octanol–water partition coefficient (Wildman–Crippen LogP) is 3.93. The minimum absolute atomic E-state index is 0.0322. The third-order valence-electron chi connectivity index (χ3n) is 3.96. The number of rotatable bonds is 4. The topological polar surface area (TPSA) is 105 Å². The number of carbonyl (C=O) groups is 1. The summed E-state index contributed by atoms with van der Waals surface area (Å²) in [5.41, 5.74) is 2.26.